The van der Waals surface area contributed by atoms with Crippen LogP contribution in [-0.2, 0) is 11.3 Å². The number of likely N-dealkylation sites (tertiary alicyclic amines) is 1. The van der Waals surface area contributed by atoms with Crippen LogP contribution >= 0.6 is 0 Å². The lowest BCUT2D eigenvalue weighted by atomic mass is 10.2. The number of ether oxygens (including phenoxy) is 1. The van der Waals surface area contributed by atoms with Gasteiger partial charge in [0.15, 0.2) is 0 Å². The van der Waals surface area contributed by atoms with Crippen LogP contribution in [0.3, 0.4) is 0 Å². The van der Waals surface area contributed by atoms with Crippen LogP contribution in [0.25, 0.3) is 0 Å². The molecule has 1 N–H and O–H groups in total. The highest BCUT2D eigenvalue weighted by Gasteiger charge is 2.26. The topological polar surface area (TPSA) is 72.3 Å². The molecule has 7 heteroatoms. The fraction of sp³-hybridized carbons (Fsp3) is 0.286. The molecule has 0 aliphatic carbocycles. The Bertz CT molecular complexity index is 881. The Labute approximate surface area is 164 Å². The van der Waals surface area contributed by atoms with Crippen molar-refractivity contribution in [2.45, 2.75) is 25.4 Å². The summed E-state index contributed by atoms with van der Waals surface area (Å²) in [6, 6.07) is 13.3. The molecule has 1 aromatic carbocycles. The molecule has 3 heterocycles. The third-order valence-electron chi connectivity index (χ3n) is 4.81. The van der Waals surface area contributed by atoms with Gasteiger partial charge in [0.1, 0.15) is 11.5 Å². The van der Waals surface area contributed by atoms with E-state index in [0.717, 1.165) is 31.6 Å². The van der Waals surface area contributed by atoms with E-state index in [2.05, 4.69) is 20.3 Å². The van der Waals surface area contributed by atoms with Gasteiger partial charge in [0, 0.05) is 30.3 Å². The number of carbonyl (C=O) groups excluding carboxylic acids is 1. The van der Waals surface area contributed by atoms with Crippen molar-refractivity contribution >= 4 is 11.6 Å². The lowest BCUT2D eigenvalue weighted by Crippen LogP contribution is -2.39. The highest BCUT2D eigenvalue weighted by atomic mass is 16.5. The van der Waals surface area contributed by atoms with Gasteiger partial charge in [-0.05, 0) is 61.9 Å². The molecule has 1 atom stereocenters. The lowest BCUT2D eigenvalue weighted by Gasteiger charge is -2.23. The van der Waals surface area contributed by atoms with Gasteiger partial charge in [-0.15, -0.1) is 0 Å². The molecule has 4 rings (SSSR count). The highest BCUT2D eigenvalue weighted by Crippen LogP contribution is 2.22. The van der Waals surface area contributed by atoms with E-state index in [0.29, 0.717) is 24.1 Å². The van der Waals surface area contributed by atoms with Crippen LogP contribution < -0.4 is 10.1 Å². The third-order valence-corrected chi connectivity index (χ3v) is 4.81. The molecule has 1 aliphatic rings. The van der Waals surface area contributed by atoms with Crippen LogP contribution in [-0.4, -0.2) is 44.7 Å². The Morgan fingerprint density at radius 1 is 1.14 bits per heavy atom. The van der Waals surface area contributed by atoms with Crippen molar-refractivity contribution in [3.63, 3.8) is 0 Å². The van der Waals surface area contributed by atoms with Gasteiger partial charge in [0.2, 0.25) is 5.91 Å². The fourth-order valence-electron chi connectivity index (χ4n) is 3.47. The number of carbonyl (C=O) groups is 1. The van der Waals surface area contributed by atoms with E-state index in [9.17, 15) is 4.79 Å². The van der Waals surface area contributed by atoms with Crippen LogP contribution in [0.4, 0.5) is 5.69 Å². The summed E-state index contributed by atoms with van der Waals surface area (Å²) in [7, 11) is 0. The predicted molar refractivity (Wildman–Crippen MR) is 106 cm³/mol. The number of rotatable bonds is 7. The molecule has 0 radical (unpaired) electrons. The number of hydrogen-bond acceptors (Lipinski definition) is 5. The Kier molecular flexibility index (Phi) is 5.63. The molecule has 3 aromatic rings. The Balaban J connectivity index is 1.29. The first kappa shape index (κ1) is 18.2. The molecule has 144 valence electrons. The first-order valence-corrected chi connectivity index (χ1v) is 9.45. The van der Waals surface area contributed by atoms with Crippen LogP contribution in [0, 0.1) is 0 Å². The molecule has 2 aromatic heterocycles. The zero-order chi connectivity index (χ0) is 19.2. The van der Waals surface area contributed by atoms with Crippen molar-refractivity contribution in [3.8, 4) is 11.5 Å². The SMILES string of the molecule is O=C(CN1CCC[C@@H]1Cn1cccn1)Nc1ccc(Oc2cccnc2)cc1. The van der Waals surface area contributed by atoms with Gasteiger partial charge >= 0.3 is 0 Å². The van der Waals surface area contributed by atoms with E-state index in [1.54, 1.807) is 18.6 Å². The molecule has 1 aliphatic heterocycles. The number of benzene rings is 1. The molecule has 0 bridgehead atoms. The van der Waals surface area contributed by atoms with Crippen LogP contribution in [0.1, 0.15) is 12.8 Å². The Morgan fingerprint density at radius 2 is 2.04 bits per heavy atom. The largest absolute Gasteiger partial charge is 0.456 e. The number of aromatic nitrogens is 3. The maximum atomic E-state index is 12.5. The van der Waals surface area contributed by atoms with Crippen LogP contribution in [0.2, 0.25) is 0 Å². The minimum atomic E-state index is -0.00621. The minimum Gasteiger partial charge on any atom is -0.456 e. The summed E-state index contributed by atoms with van der Waals surface area (Å²) < 4.78 is 7.65. The number of pyridine rings is 1. The summed E-state index contributed by atoms with van der Waals surface area (Å²) in [6.45, 7) is 2.15. The van der Waals surface area contributed by atoms with E-state index in [1.807, 2.05) is 53.3 Å². The molecule has 1 amide bonds. The zero-order valence-electron chi connectivity index (χ0n) is 15.6. The maximum absolute atomic E-state index is 12.5. The molecule has 0 spiro atoms. The maximum Gasteiger partial charge on any atom is 0.238 e. The molecule has 1 fully saturated rings. The summed E-state index contributed by atoms with van der Waals surface area (Å²) >= 11 is 0. The van der Waals surface area contributed by atoms with E-state index in [4.69, 9.17) is 4.74 Å². The second kappa shape index (κ2) is 8.67. The minimum absolute atomic E-state index is 0.00621. The van der Waals surface area contributed by atoms with E-state index >= 15 is 0 Å². The first-order valence-electron chi connectivity index (χ1n) is 9.45. The molecule has 28 heavy (non-hydrogen) atoms. The van der Waals surface area contributed by atoms with Gasteiger partial charge in [-0.1, -0.05) is 0 Å². The lowest BCUT2D eigenvalue weighted by molar-refractivity contribution is -0.117. The third kappa shape index (κ3) is 4.75. The monoisotopic (exact) mass is 377 g/mol. The van der Waals surface area contributed by atoms with E-state index < -0.39 is 0 Å². The van der Waals surface area contributed by atoms with Gasteiger partial charge in [0.05, 0.1) is 19.3 Å². The highest BCUT2D eigenvalue weighted by molar-refractivity contribution is 5.92. The van der Waals surface area contributed by atoms with Crippen molar-refractivity contribution in [1.82, 2.24) is 19.7 Å². The average molecular weight is 377 g/mol. The van der Waals surface area contributed by atoms with E-state index in [-0.39, 0.29) is 5.91 Å². The van der Waals surface area contributed by atoms with Gasteiger partial charge in [-0.25, -0.2) is 0 Å². The molecule has 0 unspecified atom stereocenters. The van der Waals surface area contributed by atoms with Crippen LogP contribution in [0.5, 0.6) is 11.5 Å². The summed E-state index contributed by atoms with van der Waals surface area (Å²) in [5.74, 6) is 1.37. The van der Waals surface area contributed by atoms with Gasteiger partial charge in [-0.2, -0.15) is 5.10 Å². The molecule has 7 nitrogen and oxygen atoms in total. The van der Waals surface area contributed by atoms with Gasteiger partial charge < -0.3 is 10.1 Å². The summed E-state index contributed by atoms with van der Waals surface area (Å²) in [4.78, 5) is 18.7. The summed E-state index contributed by atoms with van der Waals surface area (Å²) in [5, 5.41) is 7.24. The number of hydrogen-bond donors (Lipinski definition) is 1. The van der Waals surface area contributed by atoms with Crippen molar-refractivity contribution in [2.75, 3.05) is 18.4 Å². The molecular weight excluding hydrogens is 354 g/mol. The molecule has 1 saturated heterocycles. The quantitative estimate of drug-likeness (QED) is 0.685. The number of anilines is 1. The van der Waals surface area contributed by atoms with Crippen molar-refractivity contribution in [1.29, 1.82) is 0 Å². The standard InChI is InChI=1S/C21H23N5O2/c27-21(16-25-12-2-4-18(25)15-26-13-3-11-23-26)24-17-6-8-19(9-7-17)28-20-5-1-10-22-14-20/h1,3,5-11,13-14,18H,2,4,12,15-16H2,(H,24,27)/t18-/m1/s1. The Hall–Kier alpha value is -3.19. The number of nitrogens with one attached hydrogen (secondary N) is 1. The van der Waals surface area contributed by atoms with Crippen molar-refractivity contribution in [2.24, 2.45) is 0 Å². The normalized spacial score (nSPS) is 16.8. The van der Waals surface area contributed by atoms with Crippen molar-refractivity contribution < 1.29 is 9.53 Å². The smallest absolute Gasteiger partial charge is 0.238 e. The van der Waals surface area contributed by atoms with Gasteiger partial charge in [-0.3, -0.25) is 19.4 Å². The molecular formula is C21H23N5O2. The van der Waals surface area contributed by atoms with Gasteiger partial charge in [0.25, 0.3) is 0 Å². The fourth-order valence-corrected chi connectivity index (χ4v) is 3.47. The zero-order valence-corrected chi connectivity index (χ0v) is 15.6. The molecule has 0 saturated carbocycles. The summed E-state index contributed by atoms with van der Waals surface area (Å²) in [6.07, 6.45) is 9.31. The summed E-state index contributed by atoms with van der Waals surface area (Å²) in [5.41, 5.74) is 0.756. The van der Waals surface area contributed by atoms with Crippen molar-refractivity contribution in [3.05, 3.63) is 67.3 Å². The first-order chi connectivity index (χ1) is 13.8. The predicted octanol–water partition coefficient (Wildman–Crippen LogP) is 3.17. The second-order valence-corrected chi connectivity index (χ2v) is 6.86. The average Bonchev–Trinajstić information content (AvgIpc) is 3.37. The number of nitrogens with zero attached hydrogens (tertiary/aromatic N) is 4. The Morgan fingerprint density at radius 3 is 2.79 bits per heavy atom. The number of amides is 1. The second-order valence-electron chi connectivity index (χ2n) is 6.86. The van der Waals surface area contributed by atoms with Crippen LogP contribution in [0.15, 0.2) is 67.3 Å². The van der Waals surface area contributed by atoms with E-state index in [1.165, 1.54) is 0 Å².